The SMILES string of the molecule is CC1CCC(CO)(NC(=O)C(C)n2cccn2)CC1. The van der Waals surface area contributed by atoms with E-state index in [2.05, 4.69) is 17.3 Å². The summed E-state index contributed by atoms with van der Waals surface area (Å²) in [5, 5.41) is 16.8. The van der Waals surface area contributed by atoms with Crippen LogP contribution >= 0.6 is 0 Å². The summed E-state index contributed by atoms with van der Waals surface area (Å²) in [5.41, 5.74) is -0.439. The van der Waals surface area contributed by atoms with Crippen LogP contribution in [0.5, 0.6) is 0 Å². The van der Waals surface area contributed by atoms with Gasteiger partial charge in [-0.25, -0.2) is 0 Å². The largest absolute Gasteiger partial charge is 0.394 e. The topological polar surface area (TPSA) is 67.2 Å². The van der Waals surface area contributed by atoms with Crippen LogP contribution in [0.15, 0.2) is 18.5 Å². The van der Waals surface area contributed by atoms with Crippen molar-refractivity contribution in [3.05, 3.63) is 18.5 Å². The molecule has 19 heavy (non-hydrogen) atoms. The normalized spacial score (nSPS) is 28.9. The molecule has 0 spiro atoms. The van der Waals surface area contributed by atoms with E-state index in [1.165, 1.54) is 0 Å². The zero-order valence-electron chi connectivity index (χ0n) is 11.7. The molecule has 5 heteroatoms. The highest BCUT2D eigenvalue weighted by Crippen LogP contribution is 2.31. The fraction of sp³-hybridized carbons (Fsp3) is 0.714. The Balaban J connectivity index is 2.00. The Hall–Kier alpha value is -1.36. The van der Waals surface area contributed by atoms with Crippen LogP contribution in [0.4, 0.5) is 0 Å². The second kappa shape index (κ2) is 5.74. The third kappa shape index (κ3) is 3.15. The van der Waals surface area contributed by atoms with E-state index in [1.54, 1.807) is 23.1 Å². The van der Waals surface area contributed by atoms with E-state index in [0.29, 0.717) is 5.92 Å². The number of aliphatic hydroxyl groups is 1. The van der Waals surface area contributed by atoms with Gasteiger partial charge < -0.3 is 10.4 Å². The molecular weight excluding hydrogens is 242 g/mol. The molecule has 1 aromatic rings. The Labute approximate surface area is 114 Å². The fourth-order valence-electron chi connectivity index (χ4n) is 2.63. The van der Waals surface area contributed by atoms with E-state index < -0.39 is 5.54 Å². The first-order valence-corrected chi connectivity index (χ1v) is 6.98. The van der Waals surface area contributed by atoms with Crippen LogP contribution in [-0.4, -0.2) is 32.9 Å². The molecule has 1 aliphatic carbocycles. The van der Waals surface area contributed by atoms with E-state index in [4.69, 9.17) is 0 Å². The van der Waals surface area contributed by atoms with Crippen molar-refractivity contribution in [1.82, 2.24) is 15.1 Å². The molecule has 1 aliphatic rings. The van der Waals surface area contributed by atoms with Crippen LogP contribution in [0, 0.1) is 5.92 Å². The second-order valence-corrected chi connectivity index (χ2v) is 5.77. The monoisotopic (exact) mass is 265 g/mol. The molecule has 1 heterocycles. The predicted molar refractivity (Wildman–Crippen MR) is 72.5 cm³/mol. The molecule has 0 radical (unpaired) electrons. The zero-order chi connectivity index (χ0) is 13.9. The van der Waals surface area contributed by atoms with Gasteiger partial charge in [-0.2, -0.15) is 5.10 Å². The third-order valence-corrected chi connectivity index (χ3v) is 4.22. The van der Waals surface area contributed by atoms with Crippen molar-refractivity contribution in [1.29, 1.82) is 0 Å². The summed E-state index contributed by atoms with van der Waals surface area (Å²) < 4.78 is 1.63. The first-order chi connectivity index (χ1) is 9.06. The van der Waals surface area contributed by atoms with Gasteiger partial charge in [-0.15, -0.1) is 0 Å². The van der Waals surface area contributed by atoms with Gasteiger partial charge in [-0.3, -0.25) is 9.48 Å². The number of amides is 1. The average molecular weight is 265 g/mol. The van der Waals surface area contributed by atoms with Gasteiger partial charge in [0.15, 0.2) is 0 Å². The molecule has 5 nitrogen and oxygen atoms in total. The highest BCUT2D eigenvalue weighted by Gasteiger charge is 2.36. The maximum Gasteiger partial charge on any atom is 0.245 e. The third-order valence-electron chi connectivity index (χ3n) is 4.22. The zero-order valence-corrected chi connectivity index (χ0v) is 11.7. The summed E-state index contributed by atoms with van der Waals surface area (Å²) in [7, 11) is 0. The lowest BCUT2D eigenvalue weighted by molar-refractivity contribution is -0.127. The molecule has 1 saturated carbocycles. The molecule has 2 rings (SSSR count). The summed E-state index contributed by atoms with van der Waals surface area (Å²) >= 11 is 0. The van der Waals surface area contributed by atoms with Crippen LogP contribution in [0.3, 0.4) is 0 Å². The number of hydrogen-bond acceptors (Lipinski definition) is 3. The van der Waals surface area contributed by atoms with Crippen molar-refractivity contribution in [2.75, 3.05) is 6.61 Å². The van der Waals surface area contributed by atoms with Crippen molar-refractivity contribution in [3.8, 4) is 0 Å². The number of carbonyl (C=O) groups is 1. The first-order valence-electron chi connectivity index (χ1n) is 6.98. The minimum atomic E-state index is -0.439. The van der Waals surface area contributed by atoms with Crippen LogP contribution < -0.4 is 5.32 Å². The second-order valence-electron chi connectivity index (χ2n) is 5.77. The highest BCUT2D eigenvalue weighted by atomic mass is 16.3. The summed E-state index contributed by atoms with van der Waals surface area (Å²) in [5.74, 6) is 0.604. The number of carbonyl (C=O) groups excluding carboxylic acids is 1. The van der Waals surface area contributed by atoms with E-state index in [-0.39, 0.29) is 18.6 Å². The molecule has 1 fully saturated rings. The number of nitrogens with zero attached hydrogens (tertiary/aromatic N) is 2. The van der Waals surface area contributed by atoms with Gasteiger partial charge in [0.05, 0.1) is 12.1 Å². The maximum absolute atomic E-state index is 12.3. The maximum atomic E-state index is 12.3. The van der Waals surface area contributed by atoms with Crippen molar-refractivity contribution in [2.24, 2.45) is 5.92 Å². The van der Waals surface area contributed by atoms with Crippen molar-refractivity contribution in [2.45, 2.75) is 51.1 Å². The minimum absolute atomic E-state index is 0.0112. The number of hydrogen-bond donors (Lipinski definition) is 2. The summed E-state index contributed by atoms with van der Waals surface area (Å²) in [6.45, 7) is 4.05. The lowest BCUT2D eigenvalue weighted by atomic mass is 9.77. The van der Waals surface area contributed by atoms with Gasteiger partial charge in [-0.05, 0) is 44.6 Å². The van der Waals surface area contributed by atoms with Gasteiger partial charge >= 0.3 is 0 Å². The van der Waals surface area contributed by atoms with Crippen LogP contribution in [0.1, 0.15) is 45.6 Å². The molecule has 1 atom stereocenters. The summed E-state index contributed by atoms with van der Waals surface area (Å²) in [6.07, 6.45) is 7.24. The molecule has 0 saturated heterocycles. The minimum Gasteiger partial charge on any atom is -0.394 e. The molecule has 1 unspecified atom stereocenters. The van der Waals surface area contributed by atoms with Gasteiger partial charge in [0.1, 0.15) is 6.04 Å². The van der Waals surface area contributed by atoms with Crippen LogP contribution in [0.2, 0.25) is 0 Å². The van der Waals surface area contributed by atoms with E-state index in [9.17, 15) is 9.90 Å². The smallest absolute Gasteiger partial charge is 0.245 e. The predicted octanol–water partition coefficient (Wildman–Crippen LogP) is 1.50. The molecule has 1 amide bonds. The summed E-state index contributed by atoms with van der Waals surface area (Å²) in [4.78, 5) is 12.3. The molecule has 0 bridgehead atoms. The van der Waals surface area contributed by atoms with Crippen molar-refractivity contribution >= 4 is 5.91 Å². The van der Waals surface area contributed by atoms with E-state index >= 15 is 0 Å². The first kappa shape index (κ1) is 14.1. The standard InChI is InChI=1S/C14H23N3O2/c1-11-4-6-14(10-18,7-5-11)16-13(19)12(2)17-9-3-8-15-17/h3,8-9,11-12,18H,4-7,10H2,1-2H3,(H,16,19). The van der Waals surface area contributed by atoms with Gasteiger partial charge in [-0.1, -0.05) is 6.92 Å². The number of aliphatic hydroxyl groups excluding tert-OH is 1. The molecule has 106 valence electrons. The fourth-order valence-corrected chi connectivity index (χ4v) is 2.63. The van der Waals surface area contributed by atoms with E-state index in [0.717, 1.165) is 25.7 Å². The lowest BCUT2D eigenvalue weighted by Crippen LogP contribution is -2.54. The Kier molecular flexibility index (Phi) is 4.24. The number of rotatable bonds is 4. The Morgan fingerprint density at radius 3 is 2.79 bits per heavy atom. The van der Waals surface area contributed by atoms with Crippen LogP contribution in [-0.2, 0) is 4.79 Å². The van der Waals surface area contributed by atoms with Gasteiger partial charge in [0.25, 0.3) is 0 Å². The average Bonchev–Trinajstić information content (AvgIpc) is 2.95. The molecule has 0 aliphatic heterocycles. The quantitative estimate of drug-likeness (QED) is 0.867. The number of aromatic nitrogens is 2. The highest BCUT2D eigenvalue weighted by molar-refractivity contribution is 5.80. The molecule has 1 aromatic heterocycles. The number of nitrogens with one attached hydrogen (secondary N) is 1. The van der Waals surface area contributed by atoms with Gasteiger partial charge in [0, 0.05) is 12.4 Å². The van der Waals surface area contributed by atoms with Crippen LogP contribution in [0.25, 0.3) is 0 Å². The van der Waals surface area contributed by atoms with Crippen molar-refractivity contribution in [3.63, 3.8) is 0 Å². The molecular formula is C14H23N3O2. The van der Waals surface area contributed by atoms with E-state index in [1.807, 2.05) is 6.92 Å². The Morgan fingerprint density at radius 1 is 1.58 bits per heavy atom. The Morgan fingerprint density at radius 2 is 2.26 bits per heavy atom. The molecule has 2 N–H and O–H groups in total. The lowest BCUT2D eigenvalue weighted by Gasteiger charge is -2.39. The molecule has 0 aromatic carbocycles. The van der Waals surface area contributed by atoms with Gasteiger partial charge in [0.2, 0.25) is 5.91 Å². The summed E-state index contributed by atoms with van der Waals surface area (Å²) in [6, 6.07) is 1.45. The van der Waals surface area contributed by atoms with Crippen molar-refractivity contribution < 1.29 is 9.90 Å². The Bertz CT molecular complexity index is 408.